The fourth-order valence-electron chi connectivity index (χ4n) is 4.43. The summed E-state index contributed by atoms with van der Waals surface area (Å²) in [6, 6.07) is 13.9. The highest BCUT2D eigenvalue weighted by Gasteiger charge is 2.31. The van der Waals surface area contributed by atoms with Crippen LogP contribution < -0.4 is 16.0 Å². The second kappa shape index (κ2) is 10.1. The van der Waals surface area contributed by atoms with E-state index in [-0.39, 0.29) is 35.2 Å². The summed E-state index contributed by atoms with van der Waals surface area (Å²) < 4.78 is 5.37. The van der Waals surface area contributed by atoms with E-state index in [1.54, 1.807) is 24.3 Å². The number of nitrogens with one attached hydrogen (secondary N) is 3. The maximum Gasteiger partial charge on any atom is 0.273 e. The Morgan fingerprint density at radius 1 is 1.09 bits per heavy atom. The summed E-state index contributed by atoms with van der Waals surface area (Å²) in [5.74, 6) is 0.799. The molecular weight excluding hydrogens is 444 g/mol. The van der Waals surface area contributed by atoms with E-state index >= 15 is 0 Å². The van der Waals surface area contributed by atoms with Gasteiger partial charge in [0.15, 0.2) is 5.69 Å². The molecule has 1 aliphatic carbocycles. The van der Waals surface area contributed by atoms with Gasteiger partial charge in [0.2, 0.25) is 0 Å². The number of nitrogens with zero attached hydrogens (tertiary/aromatic N) is 3. The highest BCUT2D eigenvalue weighted by atomic mass is 16.5. The standard InChI is InChI=1S/C26H26N6O3/c27-14-20-6-7-21(15-29-20)30-25(33)19-3-1-2-18(12-19)24(17-8-10-28-11-9-17)31-26(34)22-13-23(35-32-22)16-4-5-16/h1-3,6-7,12-13,15-17,24,28H,4-5,8-11H2,(H,30,33)(H,31,34). The number of pyridine rings is 1. The third-order valence-electron chi connectivity index (χ3n) is 6.53. The summed E-state index contributed by atoms with van der Waals surface area (Å²) in [6.07, 6.45) is 5.41. The molecule has 1 aromatic carbocycles. The number of piperidine rings is 1. The number of benzene rings is 1. The molecule has 1 aliphatic heterocycles. The highest BCUT2D eigenvalue weighted by Crippen LogP contribution is 2.40. The minimum atomic E-state index is -0.292. The number of carbonyl (C=O) groups is 2. The average molecular weight is 471 g/mol. The van der Waals surface area contributed by atoms with Crippen LogP contribution in [0.25, 0.3) is 0 Å². The van der Waals surface area contributed by atoms with Crippen molar-refractivity contribution < 1.29 is 14.1 Å². The third kappa shape index (κ3) is 5.39. The molecule has 9 nitrogen and oxygen atoms in total. The number of carbonyl (C=O) groups excluding carboxylic acids is 2. The van der Waals surface area contributed by atoms with Crippen LogP contribution in [0, 0.1) is 17.2 Å². The van der Waals surface area contributed by atoms with Crippen LogP contribution >= 0.6 is 0 Å². The predicted octanol–water partition coefficient (Wildman–Crippen LogP) is 3.54. The lowest BCUT2D eigenvalue weighted by atomic mass is 9.85. The van der Waals surface area contributed by atoms with Gasteiger partial charge in [-0.1, -0.05) is 17.3 Å². The van der Waals surface area contributed by atoms with Gasteiger partial charge in [0, 0.05) is 17.5 Å². The minimum Gasteiger partial charge on any atom is -0.360 e. The molecule has 0 bridgehead atoms. The van der Waals surface area contributed by atoms with Crippen molar-refractivity contribution in [2.45, 2.75) is 37.6 Å². The number of amides is 2. The summed E-state index contributed by atoms with van der Waals surface area (Å²) in [4.78, 5) is 30.0. The molecule has 3 N–H and O–H groups in total. The molecule has 2 fully saturated rings. The molecule has 2 aromatic heterocycles. The molecule has 0 radical (unpaired) electrons. The first-order valence-electron chi connectivity index (χ1n) is 11.9. The molecule has 2 aliphatic rings. The Labute approximate surface area is 202 Å². The summed E-state index contributed by atoms with van der Waals surface area (Å²) in [6.45, 7) is 1.75. The lowest BCUT2D eigenvalue weighted by molar-refractivity contribution is 0.0904. The first-order valence-corrected chi connectivity index (χ1v) is 11.9. The van der Waals surface area contributed by atoms with E-state index in [1.165, 1.54) is 6.20 Å². The fourth-order valence-corrected chi connectivity index (χ4v) is 4.43. The Balaban J connectivity index is 1.35. The summed E-state index contributed by atoms with van der Waals surface area (Å²) in [5.41, 5.74) is 2.40. The number of anilines is 1. The van der Waals surface area contributed by atoms with Crippen molar-refractivity contribution in [3.63, 3.8) is 0 Å². The van der Waals surface area contributed by atoms with Crippen LogP contribution in [0.4, 0.5) is 5.69 Å². The van der Waals surface area contributed by atoms with Crippen LogP contribution in [-0.2, 0) is 0 Å². The first-order chi connectivity index (χ1) is 17.1. The molecule has 0 spiro atoms. The van der Waals surface area contributed by atoms with E-state index in [1.807, 2.05) is 24.3 Å². The zero-order valence-corrected chi connectivity index (χ0v) is 19.2. The Kier molecular flexibility index (Phi) is 6.55. The van der Waals surface area contributed by atoms with E-state index in [9.17, 15) is 9.59 Å². The molecule has 1 unspecified atom stereocenters. The summed E-state index contributed by atoms with van der Waals surface area (Å²) in [7, 11) is 0. The van der Waals surface area contributed by atoms with Crippen molar-refractivity contribution in [3.8, 4) is 6.07 Å². The lowest BCUT2D eigenvalue weighted by Gasteiger charge is -2.31. The largest absolute Gasteiger partial charge is 0.360 e. The van der Waals surface area contributed by atoms with Crippen molar-refractivity contribution in [2.75, 3.05) is 18.4 Å². The topological polar surface area (TPSA) is 133 Å². The van der Waals surface area contributed by atoms with Gasteiger partial charge >= 0.3 is 0 Å². The second-order valence-corrected chi connectivity index (χ2v) is 9.05. The Morgan fingerprint density at radius 3 is 2.63 bits per heavy atom. The number of rotatable bonds is 7. The van der Waals surface area contributed by atoms with Crippen LogP contribution in [-0.4, -0.2) is 35.0 Å². The monoisotopic (exact) mass is 470 g/mol. The van der Waals surface area contributed by atoms with Gasteiger partial charge in [-0.25, -0.2) is 4.98 Å². The van der Waals surface area contributed by atoms with Gasteiger partial charge in [0.1, 0.15) is 17.5 Å². The van der Waals surface area contributed by atoms with Crippen LogP contribution in [0.1, 0.15) is 75.5 Å². The van der Waals surface area contributed by atoms with Gasteiger partial charge in [0.05, 0.1) is 17.9 Å². The van der Waals surface area contributed by atoms with Gasteiger partial charge in [-0.2, -0.15) is 5.26 Å². The van der Waals surface area contributed by atoms with Crippen molar-refractivity contribution in [1.82, 2.24) is 20.8 Å². The first kappa shape index (κ1) is 22.7. The minimum absolute atomic E-state index is 0.219. The number of hydrogen-bond acceptors (Lipinski definition) is 7. The van der Waals surface area contributed by atoms with Crippen molar-refractivity contribution >= 4 is 17.5 Å². The smallest absolute Gasteiger partial charge is 0.273 e. The van der Waals surface area contributed by atoms with Gasteiger partial charge < -0.3 is 20.5 Å². The summed E-state index contributed by atoms with van der Waals surface area (Å²) >= 11 is 0. The molecule has 178 valence electrons. The number of nitriles is 1. The SMILES string of the molecule is N#Cc1ccc(NC(=O)c2cccc(C(NC(=O)c3cc(C4CC4)on3)C3CCNCC3)c2)cn1. The van der Waals surface area contributed by atoms with Crippen LogP contribution in [0.5, 0.6) is 0 Å². The van der Waals surface area contributed by atoms with E-state index in [0.29, 0.717) is 17.2 Å². The quantitative estimate of drug-likeness (QED) is 0.481. The molecule has 3 aromatic rings. The molecule has 3 heterocycles. The molecule has 2 amide bonds. The molecule has 1 saturated heterocycles. The summed E-state index contributed by atoms with van der Waals surface area (Å²) in [5, 5.41) is 22.2. The van der Waals surface area contributed by atoms with Gasteiger partial charge in [-0.3, -0.25) is 9.59 Å². The van der Waals surface area contributed by atoms with Crippen LogP contribution in [0.15, 0.2) is 53.2 Å². The molecule has 35 heavy (non-hydrogen) atoms. The van der Waals surface area contributed by atoms with Gasteiger partial charge in [-0.05, 0) is 74.5 Å². The number of aromatic nitrogens is 2. The molecule has 1 saturated carbocycles. The van der Waals surface area contributed by atoms with Crippen molar-refractivity contribution in [3.05, 3.63) is 76.9 Å². The van der Waals surface area contributed by atoms with Gasteiger partial charge in [0.25, 0.3) is 11.8 Å². The molecule has 1 atom stereocenters. The van der Waals surface area contributed by atoms with Crippen molar-refractivity contribution in [2.24, 2.45) is 5.92 Å². The fraction of sp³-hybridized carbons (Fsp3) is 0.346. The Hall–Kier alpha value is -4.03. The maximum absolute atomic E-state index is 13.1. The zero-order valence-electron chi connectivity index (χ0n) is 19.2. The Morgan fingerprint density at radius 2 is 1.91 bits per heavy atom. The predicted molar refractivity (Wildman–Crippen MR) is 128 cm³/mol. The van der Waals surface area contributed by atoms with Crippen molar-refractivity contribution in [1.29, 1.82) is 5.26 Å². The zero-order chi connectivity index (χ0) is 24.2. The van der Waals surface area contributed by atoms with E-state index in [0.717, 1.165) is 50.1 Å². The van der Waals surface area contributed by atoms with E-state index < -0.39 is 0 Å². The molecule has 9 heteroatoms. The van der Waals surface area contributed by atoms with Crippen LogP contribution in [0.2, 0.25) is 0 Å². The molecule has 5 rings (SSSR count). The molecular formula is C26H26N6O3. The van der Waals surface area contributed by atoms with E-state index in [4.69, 9.17) is 9.78 Å². The average Bonchev–Trinajstić information content (AvgIpc) is 3.64. The maximum atomic E-state index is 13.1. The highest BCUT2D eigenvalue weighted by molar-refractivity contribution is 6.04. The van der Waals surface area contributed by atoms with Crippen LogP contribution in [0.3, 0.4) is 0 Å². The lowest BCUT2D eigenvalue weighted by Crippen LogP contribution is -2.39. The van der Waals surface area contributed by atoms with Gasteiger partial charge in [-0.15, -0.1) is 0 Å². The Bertz CT molecular complexity index is 1250. The normalized spacial score (nSPS) is 16.8. The second-order valence-electron chi connectivity index (χ2n) is 9.05. The number of hydrogen-bond donors (Lipinski definition) is 3. The van der Waals surface area contributed by atoms with E-state index in [2.05, 4.69) is 26.1 Å². The third-order valence-corrected chi connectivity index (χ3v) is 6.53.